The Labute approximate surface area is 98.2 Å². The Morgan fingerprint density at radius 3 is 2.59 bits per heavy atom. The van der Waals surface area contributed by atoms with Crippen molar-refractivity contribution in [2.45, 2.75) is 0 Å². The molecule has 0 aliphatic rings. The van der Waals surface area contributed by atoms with Crippen LogP contribution in [0.4, 0.5) is 0 Å². The van der Waals surface area contributed by atoms with Crippen molar-refractivity contribution in [3.8, 4) is 17.1 Å². The molecule has 0 radical (unpaired) electrons. The van der Waals surface area contributed by atoms with E-state index in [-0.39, 0.29) is 5.75 Å². The van der Waals surface area contributed by atoms with Crippen molar-refractivity contribution in [1.82, 2.24) is 14.5 Å². The third-order valence-corrected chi connectivity index (χ3v) is 2.78. The molecule has 0 amide bonds. The van der Waals surface area contributed by atoms with Crippen LogP contribution in [0.25, 0.3) is 22.6 Å². The average Bonchev–Trinajstić information content (AvgIpc) is 2.69. The average molecular weight is 225 g/mol. The monoisotopic (exact) mass is 225 g/mol. The highest BCUT2D eigenvalue weighted by Gasteiger charge is 2.09. The standard InChI is InChI=1S/C13H11N3O/c1-16-11-3-2-8-14-12(11)15-13(16)9-4-6-10(17)7-5-9/h2-8,17H,1H3. The number of nitrogens with zero attached hydrogens (tertiary/aromatic N) is 3. The minimum absolute atomic E-state index is 0.255. The molecular formula is C13H11N3O. The van der Waals surface area contributed by atoms with Crippen molar-refractivity contribution in [2.24, 2.45) is 7.05 Å². The highest BCUT2D eigenvalue weighted by Crippen LogP contribution is 2.23. The van der Waals surface area contributed by atoms with Crippen molar-refractivity contribution >= 4 is 11.2 Å². The molecule has 0 saturated carbocycles. The summed E-state index contributed by atoms with van der Waals surface area (Å²) in [7, 11) is 1.96. The smallest absolute Gasteiger partial charge is 0.178 e. The van der Waals surface area contributed by atoms with E-state index in [1.165, 1.54) is 0 Å². The van der Waals surface area contributed by atoms with Crippen LogP contribution in [0.1, 0.15) is 0 Å². The zero-order valence-corrected chi connectivity index (χ0v) is 9.33. The minimum atomic E-state index is 0.255. The summed E-state index contributed by atoms with van der Waals surface area (Å²) in [4.78, 5) is 8.71. The fourth-order valence-corrected chi connectivity index (χ4v) is 1.89. The number of hydrogen-bond acceptors (Lipinski definition) is 3. The Kier molecular flexibility index (Phi) is 2.08. The van der Waals surface area contributed by atoms with Gasteiger partial charge in [0.05, 0.1) is 5.52 Å². The van der Waals surface area contributed by atoms with E-state index in [0.717, 1.165) is 22.6 Å². The molecule has 2 aromatic heterocycles. The first-order valence-electron chi connectivity index (χ1n) is 5.32. The van der Waals surface area contributed by atoms with Crippen LogP contribution in [0.2, 0.25) is 0 Å². The molecule has 3 rings (SSSR count). The number of benzene rings is 1. The Balaban J connectivity index is 2.24. The molecule has 4 heteroatoms. The SMILES string of the molecule is Cn1c(-c2ccc(O)cc2)nc2ncccc21. The molecule has 0 spiro atoms. The zero-order valence-electron chi connectivity index (χ0n) is 9.33. The van der Waals surface area contributed by atoms with Crippen LogP contribution in [0.5, 0.6) is 5.75 Å². The third kappa shape index (κ3) is 1.54. The summed E-state index contributed by atoms with van der Waals surface area (Å²) in [6.45, 7) is 0. The summed E-state index contributed by atoms with van der Waals surface area (Å²) >= 11 is 0. The van der Waals surface area contributed by atoms with Crippen LogP contribution < -0.4 is 0 Å². The summed E-state index contributed by atoms with van der Waals surface area (Å²) in [5.74, 6) is 1.10. The summed E-state index contributed by atoms with van der Waals surface area (Å²) in [6.07, 6.45) is 1.73. The van der Waals surface area contributed by atoms with E-state index in [4.69, 9.17) is 0 Å². The fraction of sp³-hybridized carbons (Fsp3) is 0.0769. The molecule has 0 saturated heterocycles. The molecule has 0 fully saturated rings. The van der Waals surface area contributed by atoms with Crippen LogP contribution in [0, 0.1) is 0 Å². The lowest BCUT2D eigenvalue weighted by Gasteiger charge is -2.02. The van der Waals surface area contributed by atoms with Gasteiger partial charge in [0, 0.05) is 18.8 Å². The summed E-state index contributed by atoms with van der Waals surface area (Å²) < 4.78 is 1.99. The van der Waals surface area contributed by atoms with Crippen molar-refractivity contribution in [1.29, 1.82) is 0 Å². The minimum Gasteiger partial charge on any atom is -0.508 e. The molecular weight excluding hydrogens is 214 g/mol. The van der Waals surface area contributed by atoms with E-state index in [0.29, 0.717) is 0 Å². The predicted octanol–water partition coefficient (Wildman–Crippen LogP) is 2.34. The van der Waals surface area contributed by atoms with Gasteiger partial charge in [-0.15, -0.1) is 0 Å². The number of aromatic nitrogens is 3. The number of rotatable bonds is 1. The quantitative estimate of drug-likeness (QED) is 0.691. The maximum Gasteiger partial charge on any atom is 0.178 e. The van der Waals surface area contributed by atoms with Crippen LogP contribution in [-0.4, -0.2) is 19.6 Å². The number of phenols is 1. The maximum atomic E-state index is 9.27. The largest absolute Gasteiger partial charge is 0.508 e. The molecule has 17 heavy (non-hydrogen) atoms. The third-order valence-electron chi connectivity index (χ3n) is 2.78. The zero-order chi connectivity index (χ0) is 11.8. The Bertz CT molecular complexity index is 671. The van der Waals surface area contributed by atoms with Crippen LogP contribution in [-0.2, 0) is 7.05 Å². The predicted molar refractivity (Wildman–Crippen MR) is 65.6 cm³/mol. The van der Waals surface area contributed by atoms with Gasteiger partial charge in [-0.1, -0.05) is 0 Å². The van der Waals surface area contributed by atoms with Crippen molar-refractivity contribution in [3.05, 3.63) is 42.6 Å². The van der Waals surface area contributed by atoms with E-state index in [1.807, 2.05) is 35.9 Å². The lowest BCUT2D eigenvalue weighted by molar-refractivity contribution is 0.475. The van der Waals surface area contributed by atoms with E-state index in [2.05, 4.69) is 9.97 Å². The molecule has 0 unspecified atom stereocenters. The van der Waals surface area contributed by atoms with Crippen molar-refractivity contribution in [3.63, 3.8) is 0 Å². The molecule has 0 bridgehead atoms. The maximum absolute atomic E-state index is 9.27. The van der Waals surface area contributed by atoms with Gasteiger partial charge in [0.1, 0.15) is 11.6 Å². The Morgan fingerprint density at radius 1 is 1.12 bits per heavy atom. The van der Waals surface area contributed by atoms with E-state index in [1.54, 1.807) is 18.3 Å². The molecule has 84 valence electrons. The van der Waals surface area contributed by atoms with Crippen LogP contribution >= 0.6 is 0 Å². The van der Waals surface area contributed by atoms with Crippen LogP contribution in [0.3, 0.4) is 0 Å². The van der Waals surface area contributed by atoms with Gasteiger partial charge < -0.3 is 9.67 Å². The van der Waals surface area contributed by atoms with E-state index in [9.17, 15) is 5.11 Å². The summed E-state index contributed by atoms with van der Waals surface area (Å²) in [5.41, 5.74) is 2.69. The van der Waals surface area contributed by atoms with Gasteiger partial charge in [-0.25, -0.2) is 9.97 Å². The van der Waals surface area contributed by atoms with Gasteiger partial charge in [-0.05, 0) is 36.4 Å². The second-order valence-corrected chi connectivity index (χ2v) is 3.89. The van der Waals surface area contributed by atoms with Crippen LogP contribution in [0.15, 0.2) is 42.6 Å². The first kappa shape index (κ1) is 9.84. The van der Waals surface area contributed by atoms with Crippen molar-refractivity contribution < 1.29 is 5.11 Å². The second-order valence-electron chi connectivity index (χ2n) is 3.89. The molecule has 1 aromatic carbocycles. The molecule has 2 heterocycles. The summed E-state index contributed by atoms with van der Waals surface area (Å²) in [6, 6.07) is 10.9. The summed E-state index contributed by atoms with van der Waals surface area (Å²) in [5, 5.41) is 9.27. The van der Waals surface area contributed by atoms with E-state index >= 15 is 0 Å². The molecule has 4 nitrogen and oxygen atoms in total. The second kappa shape index (κ2) is 3.59. The number of pyridine rings is 1. The lowest BCUT2D eigenvalue weighted by Crippen LogP contribution is -1.91. The molecule has 3 aromatic rings. The number of phenolic OH excluding ortho intramolecular Hbond substituents is 1. The molecule has 1 N–H and O–H groups in total. The molecule has 0 aliphatic heterocycles. The number of fused-ring (bicyclic) bond motifs is 1. The van der Waals surface area contributed by atoms with Crippen molar-refractivity contribution in [2.75, 3.05) is 0 Å². The molecule has 0 aliphatic carbocycles. The first-order valence-corrected chi connectivity index (χ1v) is 5.32. The van der Waals surface area contributed by atoms with Gasteiger partial charge in [0.2, 0.25) is 0 Å². The van der Waals surface area contributed by atoms with Gasteiger partial charge in [0.15, 0.2) is 5.65 Å². The topological polar surface area (TPSA) is 50.9 Å². The van der Waals surface area contributed by atoms with E-state index < -0.39 is 0 Å². The number of aromatic hydroxyl groups is 1. The number of hydrogen-bond donors (Lipinski definition) is 1. The van der Waals surface area contributed by atoms with Gasteiger partial charge in [0.25, 0.3) is 0 Å². The van der Waals surface area contributed by atoms with Gasteiger partial charge in [-0.2, -0.15) is 0 Å². The normalized spacial score (nSPS) is 10.9. The van der Waals surface area contributed by atoms with Gasteiger partial charge >= 0.3 is 0 Å². The first-order chi connectivity index (χ1) is 8.25. The highest BCUT2D eigenvalue weighted by atomic mass is 16.3. The number of aryl methyl sites for hydroxylation is 1. The number of imidazole rings is 1. The lowest BCUT2D eigenvalue weighted by atomic mass is 10.2. The molecule has 0 atom stereocenters. The fourth-order valence-electron chi connectivity index (χ4n) is 1.89. The van der Waals surface area contributed by atoms with Gasteiger partial charge in [-0.3, -0.25) is 0 Å². The Hall–Kier alpha value is -2.36. The Morgan fingerprint density at radius 2 is 1.88 bits per heavy atom. The highest BCUT2D eigenvalue weighted by molar-refractivity contribution is 5.77.